The van der Waals surface area contributed by atoms with E-state index in [1.54, 1.807) is 0 Å². The highest BCUT2D eigenvalue weighted by atomic mass is 79.9. The molecule has 1 aromatic rings. The molecule has 0 spiro atoms. The third kappa shape index (κ3) is 4.29. The van der Waals surface area contributed by atoms with Crippen LogP contribution in [0.1, 0.15) is 64.0 Å². The molecule has 0 saturated heterocycles. The summed E-state index contributed by atoms with van der Waals surface area (Å²) in [6.07, 6.45) is 8.20. The van der Waals surface area contributed by atoms with Crippen LogP contribution in [0.4, 0.5) is 4.39 Å². The standard InChI is InChI=1S/C17H25BrFN/c1-12(14-7-5-3-4-6-8-14)20-13(2)15-9-10-17(19)16(18)11-15/h9-14,20H,3-8H2,1-2H3/t12-,13?/m1/s1. The molecule has 1 aliphatic rings. The summed E-state index contributed by atoms with van der Waals surface area (Å²) in [5.41, 5.74) is 1.14. The Hall–Kier alpha value is -0.410. The van der Waals surface area contributed by atoms with Crippen LogP contribution >= 0.6 is 15.9 Å². The lowest BCUT2D eigenvalue weighted by Gasteiger charge is -2.27. The zero-order valence-electron chi connectivity index (χ0n) is 12.5. The molecule has 1 aromatic carbocycles. The molecule has 3 heteroatoms. The highest BCUT2D eigenvalue weighted by Crippen LogP contribution is 2.27. The minimum atomic E-state index is -0.197. The van der Waals surface area contributed by atoms with E-state index in [0.29, 0.717) is 10.5 Å². The van der Waals surface area contributed by atoms with Crippen LogP contribution in [0.5, 0.6) is 0 Å². The highest BCUT2D eigenvalue weighted by Gasteiger charge is 2.20. The fourth-order valence-corrected chi connectivity index (χ4v) is 3.62. The lowest BCUT2D eigenvalue weighted by atomic mass is 9.92. The summed E-state index contributed by atoms with van der Waals surface area (Å²) in [4.78, 5) is 0. The number of hydrogen-bond acceptors (Lipinski definition) is 1. The summed E-state index contributed by atoms with van der Waals surface area (Å²) >= 11 is 3.26. The molecule has 1 aliphatic carbocycles. The summed E-state index contributed by atoms with van der Waals surface area (Å²) in [6.45, 7) is 4.46. The quantitative estimate of drug-likeness (QED) is 0.703. The SMILES string of the molecule is CC(N[C@H](C)C1CCCCCC1)c1ccc(F)c(Br)c1. The zero-order valence-corrected chi connectivity index (χ0v) is 14.0. The summed E-state index contributed by atoms with van der Waals surface area (Å²) in [5, 5.41) is 3.70. The first-order chi connectivity index (χ1) is 9.58. The van der Waals surface area contributed by atoms with Gasteiger partial charge in [-0.3, -0.25) is 0 Å². The Morgan fingerprint density at radius 1 is 1.15 bits per heavy atom. The molecular weight excluding hydrogens is 317 g/mol. The third-order valence-electron chi connectivity index (χ3n) is 4.56. The van der Waals surface area contributed by atoms with Crippen LogP contribution in [0.3, 0.4) is 0 Å². The summed E-state index contributed by atoms with van der Waals surface area (Å²) in [5.74, 6) is 0.585. The predicted molar refractivity (Wildman–Crippen MR) is 86.3 cm³/mol. The van der Waals surface area contributed by atoms with Crippen LogP contribution in [0.25, 0.3) is 0 Å². The molecule has 0 radical (unpaired) electrons. The monoisotopic (exact) mass is 341 g/mol. The lowest BCUT2D eigenvalue weighted by molar-refractivity contribution is 0.316. The van der Waals surface area contributed by atoms with Crippen molar-refractivity contribution in [3.63, 3.8) is 0 Å². The van der Waals surface area contributed by atoms with E-state index in [4.69, 9.17) is 0 Å². The molecular formula is C17H25BrFN. The van der Waals surface area contributed by atoms with E-state index < -0.39 is 0 Å². The van der Waals surface area contributed by atoms with Crippen LogP contribution in [0, 0.1) is 11.7 Å². The number of hydrogen-bond donors (Lipinski definition) is 1. The van der Waals surface area contributed by atoms with Gasteiger partial charge in [0.2, 0.25) is 0 Å². The van der Waals surface area contributed by atoms with E-state index >= 15 is 0 Å². The van der Waals surface area contributed by atoms with Crippen molar-refractivity contribution in [2.24, 2.45) is 5.92 Å². The molecule has 1 N–H and O–H groups in total. The summed E-state index contributed by atoms with van der Waals surface area (Å²) in [6, 6.07) is 6.07. The molecule has 1 unspecified atom stereocenters. The Morgan fingerprint density at radius 2 is 1.80 bits per heavy atom. The van der Waals surface area contributed by atoms with Crippen molar-refractivity contribution in [2.75, 3.05) is 0 Å². The average molecular weight is 342 g/mol. The highest BCUT2D eigenvalue weighted by molar-refractivity contribution is 9.10. The normalized spacial score (nSPS) is 20.4. The first-order valence-corrected chi connectivity index (χ1v) is 8.58. The molecule has 20 heavy (non-hydrogen) atoms. The fraction of sp³-hybridized carbons (Fsp3) is 0.647. The molecule has 0 bridgehead atoms. The molecule has 0 heterocycles. The van der Waals surface area contributed by atoms with Gasteiger partial charge in [0.15, 0.2) is 0 Å². The maximum atomic E-state index is 13.3. The molecule has 1 saturated carbocycles. The average Bonchev–Trinajstić information content (AvgIpc) is 2.70. The molecule has 1 fully saturated rings. The Bertz CT molecular complexity index is 427. The third-order valence-corrected chi connectivity index (χ3v) is 5.17. The number of rotatable bonds is 4. The maximum absolute atomic E-state index is 13.3. The molecule has 2 rings (SSSR count). The number of benzene rings is 1. The summed E-state index contributed by atoms with van der Waals surface area (Å²) in [7, 11) is 0. The van der Waals surface area contributed by atoms with Crippen LogP contribution < -0.4 is 5.32 Å². The van der Waals surface area contributed by atoms with Gasteiger partial charge in [-0.05, 0) is 66.2 Å². The predicted octanol–water partition coefficient (Wildman–Crippen LogP) is 5.60. The van der Waals surface area contributed by atoms with E-state index in [1.165, 1.54) is 44.6 Å². The second-order valence-electron chi connectivity index (χ2n) is 6.10. The van der Waals surface area contributed by atoms with Crippen molar-refractivity contribution in [3.8, 4) is 0 Å². The van der Waals surface area contributed by atoms with Gasteiger partial charge in [0.1, 0.15) is 5.82 Å². The fourth-order valence-electron chi connectivity index (χ4n) is 3.22. The topological polar surface area (TPSA) is 12.0 Å². The molecule has 1 nitrogen and oxygen atoms in total. The molecule has 0 aliphatic heterocycles. The number of nitrogens with one attached hydrogen (secondary N) is 1. The van der Waals surface area contributed by atoms with E-state index in [1.807, 2.05) is 12.1 Å². The smallest absolute Gasteiger partial charge is 0.137 e. The second-order valence-corrected chi connectivity index (χ2v) is 6.96. The van der Waals surface area contributed by atoms with E-state index in [9.17, 15) is 4.39 Å². The largest absolute Gasteiger partial charge is 0.307 e. The molecule has 2 atom stereocenters. The van der Waals surface area contributed by atoms with E-state index in [2.05, 4.69) is 35.1 Å². The van der Waals surface area contributed by atoms with Gasteiger partial charge in [-0.25, -0.2) is 4.39 Å². The van der Waals surface area contributed by atoms with E-state index in [0.717, 1.165) is 11.5 Å². The lowest BCUT2D eigenvalue weighted by Crippen LogP contribution is -2.35. The van der Waals surface area contributed by atoms with Crippen molar-refractivity contribution >= 4 is 15.9 Å². The minimum Gasteiger partial charge on any atom is -0.307 e. The Morgan fingerprint density at radius 3 is 2.40 bits per heavy atom. The number of halogens is 2. The van der Waals surface area contributed by atoms with Gasteiger partial charge in [0, 0.05) is 12.1 Å². The van der Waals surface area contributed by atoms with Crippen molar-refractivity contribution in [1.29, 1.82) is 0 Å². The van der Waals surface area contributed by atoms with Crippen LogP contribution in [-0.4, -0.2) is 6.04 Å². The molecule has 112 valence electrons. The van der Waals surface area contributed by atoms with Crippen LogP contribution in [-0.2, 0) is 0 Å². The van der Waals surface area contributed by atoms with Gasteiger partial charge in [0.05, 0.1) is 4.47 Å². The van der Waals surface area contributed by atoms with Crippen molar-refractivity contribution in [3.05, 3.63) is 34.1 Å². The zero-order chi connectivity index (χ0) is 14.5. The van der Waals surface area contributed by atoms with Crippen molar-refractivity contribution in [1.82, 2.24) is 5.32 Å². The molecule has 0 amide bonds. The Kier molecular flexibility index (Phi) is 6.03. The Balaban J connectivity index is 1.95. The van der Waals surface area contributed by atoms with Crippen LogP contribution in [0.15, 0.2) is 22.7 Å². The van der Waals surface area contributed by atoms with Gasteiger partial charge < -0.3 is 5.32 Å². The first-order valence-electron chi connectivity index (χ1n) is 7.79. The van der Waals surface area contributed by atoms with E-state index in [-0.39, 0.29) is 11.9 Å². The minimum absolute atomic E-state index is 0.197. The first kappa shape index (κ1) is 16.0. The maximum Gasteiger partial charge on any atom is 0.137 e. The van der Waals surface area contributed by atoms with Gasteiger partial charge in [-0.2, -0.15) is 0 Å². The van der Waals surface area contributed by atoms with Crippen molar-refractivity contribution in [2.45, 2.75) is 64.5 Å². The second kappa shape index (κ2) is 7.56. The Labute approximate surface area is 130 Å². The molecule has 0 aromatic heterocycles. The van der Waals surface area contributed by atoms with Gasteiger partial charge in [-0.1, -0.05) is 31.7 Å². The van der Waals surface area contributed by atoms with Gasteiger partial charge in [0.25, 0.3) is 0 Å². The summed E-state index contributed by atoms with van der Waals surface area (Å²) < 4.78 is 13.8. The van der Waals surface area contributed by atoms with Crippen molar-refractivity contribution < 1.29 is 4.39 Å². The van der Waals surface area contributed by atoms with Gasteiger partial charge in [-0.15, -0.1) is 0 Å². The van der Waals surface area contributed by atoms with Crippen LogP contribution in [0.2, 0.25) is 0 Å². The van der Waals surface area contributed by atoms with Gasteiger partial charge >= 0.3 is 0 Å².